The molecule has 1 atom stereocenters. The first kappa shape index (κ1) is 19.5. The molecular weight excluding hydrogens is 312 g/mol. The summed E-state index contributed by atoms with van der Waals surface area (Å²) < 4.78 is 10.2. The van der Waals surface area contributed by atoms with Gasteiger partial charge in [-0.05, 0) is 30.0 Å². The van der Waals surface area contributed by atoms with Gasteiger partial charge in [-0.15, -0.1) is 0 Å². The van der Waals surface area contributed by atoms with Crippen LogP contribution < -0.4 is 15.4 Å². The third-order valence-corrected chi connectivity index (χ3v) is 3.22. The topological polar surface area (TPSA) is 93.7 Å². The summed E-state index contributed by atoms with van der Waals surface area (Å²) in [6, 6.07) is 6.74. The van der Waals surface area contributed by atoms with Gasteiger partial charge in [-0.1, -0.05) is 32.9 Å². The van der Waals surface area contributed by atoms with E-state index in [0.717, 1.165) is 5.56 Å². The fourth-order valence-electron chi connectivity index (χ4n) is 1.75. The minimum Gasteiger partial charge on any atom is -0.482 e. The Morgan fingerprint density at radius 2 is 1.71 bits per heavy atom. The number of esters is 1. The maximum atomic E-state index is 11.7. The van der Waals surface area contributed by atoms with Crippen LogP contribution in [0.4, 0.5) is 4.79 Å². The van der Waals surface area contributed by atoms with Crippen molar-refractivity contribution >= 4 is 17.9 Å². The molecule has 0 saturated heterocycles. The van der Waals surface area contributed by atoms with Gasteiger partial charge in [0.15, 0.2) is 12.7 Å². The summed E-state index contributed by atoms with van der Waals surface area (Å²) in [6.07, 6.45) is -1.10. The molecule has 0 heterocycles. The molecule has 0 spiro atoms. The Kier molecular flexibility index (Phi) is 6.76. The standard InChI is InChI=1S/C17H24N2O5/c1-11(15(21)19-16(22)18-5)24-14(20)10-23-13-8-6-12(7-9-13)17(2,3)4/h6-9,11H,10H2,1-5H3,(H2,18,19,21,22)/t11-/m1/s1. The summed E-state index contributed by atoms with van der Waals surface area (Å²) in [7, 11) is 1.37. The smallest absolute Gasteiger partial charge is 0.344 e. The molecule has 0 saturated carbocycles. The molecule has 0 aliphatic heterocycles. The number of benzene rings is 1. The summed E-state index contributed by atoms with van der Waals surface area (Å²) in [4.78, 5) is 34.3. The second-order valence-electron chi connectivity index (χ2n) is 6.26. The van der Waals surface area contributed by atoms with Crippen molar-refractivity contribution in [1.29, 1.82) is 0 Å². The van der Waals surface area contributed by atoms with Crippen molar-refractivity contribution in [3.8, 4) is 5.75 Å². The molecular formula is C17H24N2O5. The Balaban J connectivity index is 2.46. The summed E-state index contributed by atoms with van der Waals surface area (Å²) >= 11 is 0. The van der Waals surface area contributed by atoms with E-state index in [1.54, 1.807) is 12.1 Å². The molecule has 1 aromatic rings. The van der Waals surface area contributed by atoms with E-state index in [2.05, 4.69) is 26.1 Å². The van der Waals surface area contributed by atoms with Gasteiger partial charge < -0.3 is 14.8 Å². The lowest BCUT2D eigenvalue weighted by molar-refractivity contribution is -0.156. The summed E-state index contributed by atoms with van der Waals surface area (Å²) in [5.41, 5.74) is 1.18. The zero-order valence-corrected chi connectivity index (χ0v) is 14.6. The zero-order chi connectivity index (χ0) is 18.3. The first-order valence-electron chi connectivity index (χ1n) is 7.59. The molecule has 24 heavy (non-hydrogen) atoms. The van der Waals surface area contributed by atoms with Crippen molar-refractivity contribution in [2.24, 2.45) is 0 Å². The van der Waals surface area contributed by atoms with Crippen LogP contribution in [0.1, 0.15) is 33.3 Å². The van der Waals surface area contributed by atoms with Crippen LogP contribution in [0.2, 0.25) is 0 Å². The Bertz CT molecular complexity index is 590. The van der Waals surface area contributed by atoms with Gasteiger partial charge in [0.1, 0.15) is 5.75 Å². The molecule has 0 fully saturated rings. The van der Waals surface area contributed by atoms with Crippen LogP contribution in [0, 0.1) is 0 Å². The fourth-order valence-corrected chi connectivity index (χ4v) is 1.75. The van der Waals surface area contributed by atoms with E-state index in [9.17, 15) is 14.4 Å². The molecule has 2 N–H and O–H groups in total. The lowest BCUT2D eigenvalue weighted by Crippen LogP contribution is -2.43. The Hall–Kier alpha value is -2.57. The molecule has 0 bridgehead atoms. The highest BCUT2D eigenvalue weighted by atomic mass is 16.6. The molecule has 0 aliphatic rings. The predicted octanol–water partition coefficient (Wildman–Crippen LogP) is 1.75. The second kappa shape index (κ2) is 8.33. The quantitative estimate of drug-likeness (QED) is 0.799. The highest BCUT2D eigenvalue weighted by molar-refractivity contribution is 5.97. The van der Waals surface area contributed by atoms with Crippen molar-refractivity contribution in [3.05, 3.63) is 29.8 Å². The number of nitrogens with one attached hydrogen (secondary N) is 2. The van der Waals surface area contributed by atoms with Crippen LogP contribution in [0.25, 0.3) is 0 Å². The van der Waals surface area contributed by atoms with E-state index in [4.69, 9.17) is 9.47 Å². The van der Waals surface area contributed by atoms with E-state index in [0.29, 0.717) is 5.75 Å². The first-order chi connectivity index (χ1) is 11.1. The number of rotatable bonds is 5. The lowest BCUT2D eigenvalue weighted by Gasteiger charge is -2.19. The van der Waals surface area contributed by atoms with Gasteiger partial charge in [0.25, 0.3) is 5.91 Å². The summed E-state index contributed by atoms with van der Waals surface area (Å²) in [5, 5.41) is 4.25. The summed E-state index contributed by atoms with van der Waals surface area (Å²) in [5.74, 6) is -0.880. The van der Waals surface area contributed by atoms with Crippen molar-refractivity contribution in [2.45, 2.75) is 39.2 Å². The Morgan fingerprint density at radius 3 is 2.21 bits per heavy atom. The maximum Gasteiger partial charge on any atom is 0.344 e. The van der Waals surface area contributed by atoms with E-state index in [1.165, 1.54) is 14.0 Å². The number of imide groups is 1. The average Bonchev–Trinajstić information content (AvgIpc) is 2.52. The molecule has 0 radical (unpaired) electrons. The monoisotopic (exact) mass is 336 g/mol. The summed E-state index contributed by atoms with van der Waals surface area (Å²) in [6.45, 7) is 7.35. The third-order valence-electron chi connectivity index (χ3n) is 3.22. The highest BCUT2D eigenvalue weighted by Gasteiger charge is 2.20. The molecule has 1 aromatic carbocycles. The minimum atomic E-state index is -1.10. The SMILES string of the molecule is CNC(=O)NC(=O)[C@@H](C)OC(=O)COc1ccc(C(C)(C)C)cc1. The largest absolute Gasteiger partial charge is 0.482 e. The van der Waals surface area contributed by atoms with Gasteiger partial charge in [-0.25, -0.2) is 9.59 Å². The van der Waals surface area contributed by atoms with E-state index < -0.39 is 24.0 Å². The van der Waals surface area contributed by atoms with E-state index in [-0.39, 0.29) is 12.0 Å². The van der Waals surface area contributed by atoms with E-state index >= 15 is 0 Å². The van der Waals surface area contributed by atoms with Crippen molar-refractivity contribution in [1.82, 2.24) is 10.6 Å². The van der Waals surface area contributed by atoms with Crippen molar-refractivity contribution in [2.75, 3.05) is 13.7 Å². The van der Waals surface area contributed by atoms with Crippen LogP contribution >= 0.6 is 0 Å². The fraction of sp³-hybridized carbons (Fsp3) is 0.471. The maximum absolute atomic E-state index is 11.7. The number of urea groups is 1. The zero-order valence-electron chi connectivity index (χ0n) is 14.6. The number of hydrogen-bond donors (Lipinski definition) is 2. The minimum absolute atomic E-state index is 0.0328. The normalized spacial score (nSPS) is 12.0. The molecule has 3 amide bonds. The van der Waals surface area contributed by atoms with Crippen LogP contribution in [-0.4, -0.2) is 37.7 Å². The lowest BCUT2D eigenvalue weighted by atomic mass is 9.87. The molecule has 0 aromatic heterocycles. The van der Waals surface area contributed by atoms with Gasteiger partial charge in [0.05, 0.1) is 0 Å². The molecule has 1 rings (SSSR count). The highest BCUT2D eigenvalue weighted by Crippen LogP contribution is 2.24. The van der Waals surface area contributed by atoms with Crippen molar-refractivity contribution in [3.63, 3.8) is 0 Å². The second-order valence-corrected chi connectivity index (χ2v) is 6.26. The van der Waals surface area contributed by atoms with Crippen LogP contribution in [-0.2, 0) is 19.7 Å². The van der Waals surface area contributed by atoms with Crippen LogP contribution in [0.5, 0.6) is 5.75 Å². The van der Waals surface area contributed by atoms with Crippen molar-refractivity contribution < 1.29 is 23.9 Å². The molecule has 7 heteroatoms. The van der Waals surface area contributed by atoms with Gasteiger partial charge >= 0.3 is 12.0 Å². The molecule has 132 valence electrons. The first-order valence-corrected chi connectivity index (χ1v) is 7.59. The molecule has 7 nitrogen and oxygen atoms in total. The molecule has 0 unspecified atom stereocenters. The van der Waals surface area contributed by atoms with Crippen LogP contribution in [0.15, 0.2) is 24.3 Å². The number of hydrogen-bond acceptors (Lipinski definition) is 5. The van der Waals surface area contributed by atoms with Gasteiger partial charge in [0.2, 0.25) is 0 Å². The Labute approximate surface area is 141 Å². The number of amides is 3. The predicted molar refractivity (Wildman–Crippen MR) is 88.8 cm³/mol. The molecule has 0 aliphatic carbocycles. The van der Waals surface area contributed by atoms with E-state index in [1.807, 2.05) is 17.4 Å². The van der Waals surface area contributed by atoms with Gasteiger partial charge in [-0.2, -0.15) is 0 Å². The third kappa shape index (κ3) is 6.28. The number of carbonyl (C=O) groups excluding carboxylic acids is 3. The number of carbonyl (C=O) groups is 3. The Morgan fingerprint density at radius 1 is 1.12 bits per heavy atom. The van der Waals surface area contributed by atoms with Crippen LogP contribution in [0.3, 0.4) is 0 Å². The number of ether oxygens (including phenoxy) is 2. The average molecular weight is 336 g/mol. The van der Waals surface area contributed by atoms with Gasteiger partial charge in [0, 0.05) is 7.05 Å². The van der Waals surface area contributed by atoms with Gasteiger partial charge in [-0.3, -0.25) is 10.1 Å².